The van der Waals surface area contributed by atoms with Crippen LogP contribution in [0.25, 0.3) is 0 Å². The van der Waals surface area contributed by atoms with Crippen LogP contribution in [0, 0.1) is 0 Å². The molecule has 1 fully saturated rings. The van der Waals surface area contributed by atoms with Crippen LogP contribution in [0.4, 0.5) is 0 Å². The number of hydrogen-bond donors (Lipinski definition) is 0. The predicted octanol–water partition coefficient (Wildman–Crippen LogP) is 4.53. The van der Waals surface area contributed by atoms with Crippen molar-refractivity contribution in [1.29, 1.82) is 0 Å². The summed E-state index contributed by atoms with van der Waals surface area (Å²) in [4.78, 5) is 16.2. The van der Waals surface area contributed by atoms with Crippen molar-refractivity contribution >= 4 is 21.8 Å². The lowest BCUT2D eigenvalue weighted by molar-refractivity contribution is -0.130. The minimum absolute atomic E-state index is 0.164. The predicted molar refractivity (Wildman–Crippen MR) is 132 cm³/mol. The summed E-state index contributed by atoms with van der Waals surface area (Å²) in [7, 11) is 0. The van der Waals surface area contributed by atoms with E-state index in [1.165, 1.54) is 0 Å². The third kappa shape index (κ3) is 4.96. The van der Waals surface area contributed by atoms with Gasteiger partial charge in [0.1, 0.15) is 5.60 Å². The van der Waals surface area contributed by atoms with Gasteiger partial charge >= 0.3 is 0 Å². The summed E-state index contributed by atoms with van der Waals surface area (Å²) >= 11 is 3.27. The second-order valence-corrected chi connectivity index (χ2v) is 8.54. The molecule has 0 saturated carbocycles. The zero-order valence-electron chi connectivity index (χ0n) is 18.2. The molecule has 3 aromatic carbocycles. The van der Waals surface area contributed by atoms with Crippen LogP contribution in [0.2, 0.25) is 0 Å². The maximum absolute atomic E-state index is 11.9. The monoisotopic (exact) mass is 492 g/mol. The van der Waals surface area contributed by atoms with Gasteiger partial charge in [-0.3, -0.25) is 9.69 Å². The first-order valence-electron chi connectivity index (χ1n) is 11.1. The van der Waals surface area contributed by atoms with E-state index in [0.29, 0.717) is 11.9 Å². The number of hydrogen-bond acceptors (Lipinski definition) is 3. The molecule has 1 amide bonds. The van der Waals surface area contributed by atoms with Crippen LogP contribution in [0.15, 0.2) is 91.0 Å². The Morgan fingerprint density at radius 1 is 0.750 bits per heavy atom. The van der Waals surface area contributed by atoms with Gasteiger partial charge in [-0.25, -0.2) is 0 Å². The van der Waals surface area contributed by atoms with Crippen LogP contribution < -0.4 is 0 Å². The SMILES string of the molecule is O=C(CBr)N1CCN(CCOC(c2ccccc2)(c2ccccc2)c2ccccc2)CC1. The van der Waals surface area contributed by atoms with E-state index in [4.69, 9.17) is 4.74 Å². The quantitative estimate of drug-likeness (QED) is 0.342. The van der Waals surface area contributed by atoms with Crippen LogP contribution in [0.5, 0.6) is 0 Å². The Kier molecular flexibility index (Phi) is 7.74. The highest BCUT2D eigenvalue weighted by molar-refractivity contribution is 9.09. The molecular weight excluding hydrogens is 464 g/mol. The van der Waals surface area contributed by atoms with Crippen molar-refractivity contribution in [2.75, 3.05) is 44.7 Å². The zero-order valence-corrected chi connectivity index (χ0v) is 19.8. The number of carbonyl (C=O) groups is 1. The molecule has 0 aromatic heterocycles. The molecule has 0 radical (unpaired) electrons. The van der Waals surface area contributed by atoms with Gasteiger partial charge in [0.15, 0.2) is 0 Å². The number of ether oxygens (including phenoxy) is 1. The fraction of sp³-hybridized carbons (Fsp3) is 0.296. The molecule has 1 heterocycles. The highest BCUT2D eigenvalue weighted by Gasteiger charge is 2.37. The lowest BCUT2D eigenvalue weighted by Crippen LogP contribution is -2.50. The maximum atomic E-state index is 11.9. The van der Waals surface area contributed by atoms with E-state index in [-0.39, 0.29) is 5.91 Å². The van der Waals surface area contributed by atoms with Gasteiger partial charge in [-0.1, -0.05) is 107 Å². The third-order valence-electron chi connectivity index (χ3n) is 6.11. The maximum Gasteiger partial charge on any atom is 0.233 e. The van der Waals surface area contributed by atoms with Gasteiger partial charge in [-0.05, 0) is 16.7 Å². The molecule has 0 bridgehead atoms. The summed E-state index contributed by atoms with van der Waals surface area (Å²) in [5, 5.41) is 0.393. The number of rotatable bonds is 8. The molecule has 0 N–H and O–H groups in total. The van der Waals surface area contributed by atoms with E-state index in [1.807, 2.05) is 23.1 Å². The summed E-state index contributed by atoms with van der Waals surface area (Å²) in [6.07, 6.45) is 0. The van der Waals surface area contributed by atoms with Crippen LogP contribution >= 0.6 is 15.9 Å². The average Bonchev–Trinajstić information content (AvgIpc) is 2.88. The molecule has 0 aliphatic carbocycles. The van der Waals surface area contributed by atoms with Crippen molar-refractivity contribution in [2.24, 2.45) is 0 Å². The minimum Gasteiger partial charge on any atom is -0.360 e. The topological polar surface area (TPSA) is 32.8 Å². The van der Waals surface area contributed by atoms with Crippen LogP contribution in [0.3, 0.4) is 0 Å². The second kappa shape index (κ2) is 10.9. The molecule has 1 aliphatic rings. The van der Waals surface area contributed by atoms with E-state index >= 15 is 0 Å². The first-order chi connectivity index (χ1) is 15.7. The number of carbonyl (C=O) groups excluding carboxylic acids is 1. The molecule has 3 aromatic rings. The lowest BCUT2D eigenvalue weighted by Gasteiger charge is -2.38. The van der Waals surface area contributed by atoms with E-state index in [0.717, 1.165) is 49.4 Å². The van der Waals surface area contributed by atoms with Crippen molar-refractivity contribution in [3.8, 4) is 0 Å². The molecule has 0 atom stereocenters. The van der Waals surface area contributed by atoms with Gasteiger partial charge in [0.2, 0.25) is 5.91 Å². The van der Waals surface area contributed by atoms with Gasteiger partial charge in [0, 0.05) is 32.7 Å². The molecular formula is C27H29BrN2O2. The molecule has 4 nitrogen and oxygen atoms in total. The first-order valence-corrected chi connectivity index (χ1v) is 12.2. The third-order valence-corrected chi connectivity index (χ3v) is 6.59. The van der Waals surface area contributed by atoms with Crippen molar-refractivity contribution < 1.29 is 9.53 Å². The number of nitrogens with zero attached hydrogens (tertiary/aromatic N) is 2. The van der Waals surface area contributed by atoms with Gasteiger partial charge in [-0.15, -0.1) is 0 Å². The van der Waals surface area contributed by atoms with E-state index in [1.54, 1.807) is 0 Å². The Bertz CT molecular complexity index is 878. The molecule has 1 aliphatic heterocycles. The molecule has 4 rings (SSSR count). The molecule has 32 heavy (non-hydrogen) atoms. The lowest BCUT2D eigenvalue weighted by atomic mass is 9.80. The summed E-state index contributed by atoms with van der Waals surface area (Å²) in [5.74, 6) is 0.164. The Morgan fingerprint density at radius 3 is 1.59 bits per heavy atom. The number of amides is 1. The highest BCUT2D eigenvalue weighted by atomic mass is 79.9. The fourth-order valence-corrected chi connectivity index (χ4v) is 4.76. The van der Waals surface area contributed by atoms with E-state index < -0.39 is 5.60 Å². The Hall–Kier alpha value is -2.47. The molecule has 5 heteroatoms. The molecule has 0 spiro atoms. The van der Waals surface area contributed by atoms with Gasteiger partial charge in [0.25, 0.3) is 0 Å². The molecule has 1 saturated heterocycles. The van der Waals surface area contributed by atoms with Gasteiger partial charge < -0.3 is 9.64 Å². The molecule has 0 unspecified atom stereocenters. The number of piperazine rings is 1. The second-order valence-electron chi connectivity index (χ2n) is 7.98. The summed E-state index contributed by atoms with van der Waals surface area (Å²) in [6, 6.07) is 31.4. The van der Waals surface area contributed by atoms with Crippen molar-refractivity contribution in [3.63, 3.8) is 0 Å². The fourth-order valence-electron chi connectivity index (χ4n) is 4.40. The minimum atomic E-state index is -0.683. The van der Waals surface area contributed by atoms with Gasteiger partial charge in [0.05, 0.1) is 11.9 Å². The standard InChI is InChI=1S/C27H29BrN2O2/c28-22-26(31)30-18-16-29(17-19-30)20-21-32-27(23-10-4-1-5-11-23,24-12-6-2-7-13-24)25-14-8-3-9-15-25/h1-15H,16-22H2. The summed E-state index contributed by atoms with van der Waals surface area (Å²) < 4.78 is 6.86. The number of alkyl halides is 1. The van der Waals surface area contributed by atoms with E-state index in [2.05, 4.69) is 93.6 Å². The van der Waals surface area contributed by atoms with Crippen molar-refractivity contribution in [3.05, 3.63) is 108 Å². The van der Waals surface area contributed by atoms with E-state index in [9.17, 15) is 4.79 Å². The Labute approximate surface area is 198 Å². The Balaban J connectivity index is 1.57. The Morgan fingerprint density at radius 2 is 1.19 bits per heavy atom. The normalized spacial score (nSPS) is 15.0. The zero-order chi connectivity index (χ0) is 22.2. The van der Waals surface area contributed by atoms with Gasteiger partial charge in [-0.2, -0.15) is 0 Å². The first kappa shape index (κ1) is 22.7. The van der Waals surface area contributed by atoms with Crippen LogP contribution in [0.1, 0.15) is 16.7 Å². The highest BCUT2D eigenvalue weighted by Crippen LogP contribution is 2.40. The van der Waals surface area contributed by atoms with Crippen molar-refractivity contribution in [1.82, 2.24) is 9.80 Å². The molecule has 166 valence electrons. The summed E-state index contributed by atoms with van der Waals surface area (Å²) in [6.45, 7) is 4.70. The number of benzene rings is 3. The average molecular weight is 493 g/mol. The number of halogens is 1. The summed E-state index contributed by atoms with van der Waals surface area (Å²) in [5.41, 5.74) is 2.66. The smallest absolute Gasteiger partial charge is 0.233 e. The van der Waals surface area contributed by atoms with Crippen LogP contribution in [-0.4, -0.2) is 60.4 Å². The van der Waals surface area contributed by atoms with Crippen LogP contribution in [-0.2, 0) is 15.1 Å². The van der Waals surface area contributed by atoms with Crippen molar-refractivity contribution in [2.45, 2.75) is 5.60 Å². The largest absolute Gasteiger partial charge is 0.360 e.